The van der Waals surface area contributed by atoms with Gasteiger partial charge in [0.15, 0.2) is 11.5 Å². The molecular weight excluding hydrogens is 347 g/mol. The molecule has 0 amide bonds. The number of halogens is 1. The van der Waals surface area contributed by atoms with Crippen LogP contribution in [0, 0.1) is 12.7 Å². The highest BCUT2D eigenvalue weighted by molar-refractivity contribution is 5.89. The van der Waals surface area contributed by atoms with Crippen LogP contribution in [0.2, 0.25) is 0 Å². The number of rotatable bonds is 3. The Labute approximate surface area is 154 Å². The molecule has 0 N–H and O–H groups in total. The molecular formula is C18H17FN8. The zero-order valence-electron chi connectivity index (χ0n) is 14.9. The molecule has 1 saturated heterocycles. The first-order valence-corrected chi connectivity index (χ1v) is 8.67. The summed E-state index contributed by atoms with van der Waals surface area (Å²) in [6.07, 6.45) is 1.52. The lowest BCUT2D eigenvalue weighted by Gasteiger charge is -2.45. The lowest BCUT2D eigenvalue weighted by atomic mass is 10.1. The lowest BCUT2D eigenvalue weighted by Crippen LogP contribution is -2.59. The summed E-state index contributed by atoms with van der Waals surface area (Å²) in [6, 6.07) is 8.71. The summed E-state index contributed by atoms with van der Waals surface area (Å²) >= 11 is 0. The molecule has 5 rings (SSSR count). The topological polar surface area (TPSA) is 75.3 Å². The van der Waals surface area contributed by atoms with Gasteiger partial charge in [-0.3, -0.25) is 0 Å². The Kier molecular flexibility index (Phi) is 3.43. The Morgan fingerprint density at radius 1 is 1.11 bits per heavy atom. The van der Waals surface area contributed by atoms with Crippen LogP contribution in [0.1, 0.15) is 5.82 Å². The van der Waals surface area contributed by atoms with E-state index in [2.05, 4.69) is 35.1 Å². The molecule has 1 fully saturated rings. The van der Waals surface area contributed by atoms with Crippen LogP contribution in [0.3, 0.4) is 0 Å². The fourth-order valence-electron chi connectivity index (χ4n) is 3.41. The first-order valence-electron chi connectivity index (χ1n) is 8.67. The van der Waals surface area contributed by atoms with Crippen molar-refractivity contribution < 1.29 is 4.39 Å². The van der Waals surface area contributed by atoms with E-state index < -0.39 is 0 Å². The van der Waals surface area contributed by atoms with Crippen molar-refractivity contribution in [3.63, 3.8) is 0 Å². The zero-order valence-corrected chi connectivity index (χ0v) is 14.9. The minimum atomic E-state index is -0.288. The van der Waals surface area contributed by atoms with Crippen LogP contribution in [-0.2, 0) is 0 Å². The van der Waals surface area contributed by atoms with Crippen LogP contribution >= 0.6 is 0 Å². The first kappa shape index (κ1) is 15.9. The van der Waals surface area contributed by atoms with E-state index in [1.807, 2.05) is 26.1 Å². The number of anilines is 2. The number of likely N-dealkylation sites (N-methyl/N-ethyl adjacent to an activating group) is 1. The number of nitrogens with zero attached hydrogens (tertiary/aromatic N) is 8. The van der Waals surface area contributed by atoms with Gasteiger partial charge in [0.1, 0.15) is 23.8 Å². The van der Waals surface area contributed by atoms with Crippen molar-refractivity contribution in [3.05, 3.63) is 48.3 Å². The Morgan fingerprint density at radius 3 is 2.81 bits per heavy atom. The van der Waals surface area contributed by atoms with Crippen molar-refractivity contribution in [2.24, 2.45) is 0 Å². The van der Waals surface area contributed by atoms with E-state index in [4.69, 9.17) is 0 Å². The van der Waals surface area contributed by atoms with Crippen LogP contribution in [0.25, 0.3) is 16.6 Å². The average Bonchev–Trinajstić information content (AvgIpc) is 3.00. The van der Waals surface area contributed by atoms with Gasteiger partial charge in [-0.1, -0.05) is 0 Å². The molecule has 136 valence electrons. The van der Waals surface area contributed by atoms with Crippen molar-refractivity contribution in [1.29, 1.82) is 0 Å². The molecule has 8 nitrogen and oxygen atoms in total. The van der Waals surface area contributed by atoms with Gasteiger partial charge in [0, 0.05) is 25.5 Å². The van der Waals surface area contributed by atoms with E-state index in [-0.39, 0.29) is 11.9 Å². The Hall–Kier alpha value is -3.36. The van der Waals surface area contributed by atoms with Gasteiger partial charge in [-0.25, -0.2) is 14.4 Å². The van der Waals surface area contributed by atoms with Crippen LogP contribution in [0.15, 0.2) is 36.7 Å². The summed E-state index contributed by atoms with van der Waals surface area (Å²) in [7, 11) is 1.98. The average molecular weight is 364 g/mol. The molecule has 0 bridgehead atoms. The highest BCUT2D eigenvalue weighted by Gasteiger charge is 2.32. The summed E-state index contributed by atoms with van der Waals surface area (Å²) in [5.41, 5.74) is 1.47. The maximum absolute atomic E-state index is 13.7. The van der Waals surface area contributed by atoms with Crippen molar-refractivity contribution >= 4 is 28.2 Å². The molecule has 3 aromatic heterocycles. The van der Waals surface area contributed by atoms with Gasteiger partial charge in [0.2, 0.25) is 0 Å². The van der Waals surface area contributed by atoms with Crippen molar-refractivity contribution in [1.82, 2.24) is 29.8 Å². The highest BCUT2D eigenvalue weighted by Crippen LogP contribution is 2.28. The third-order valence-corrected chi connectivity index (χ3v) is 5.05. The second-order valence-corrected chi connectivity index (χ2v) is 6.74. The Bertz CT molecular complexity index is 1150. The summed E-state index contributed by atoms with van der Waals surface area (Å²) in [6.45, 7) is 3.48. The predicted molar refractivity (Wildman–Crippen MR) is 99.4 cm³/mol. The number of hydrogen-bond donors (Lipinski definition) is 0. The van der Waals surface area contributed by atoms with E-state index in [1.54, 1.807) is 10.6 Å². The monoisotopic (exact) mass is 364 g/mol. The van der Waals surface area contributed by atoms with Gasteiger partial charge in [-0.05, 0) is 37.3 Å². The van der Waals surface area contributed by atoms with E-state index >= 15 is 0 Å². The summed E-state index contributed by atoms with van der Waals surface area (Å²) in [4.78, 5) is 12.9. The van der Waals surface area contributed by atoms with Crippen LogP contribution in [-0.4, -0.2) is 56.0 Å². The van der Waals surface area contributed by atoms with Crippen LogP contribution in [0.5, 0.6) is 0 Å². The fourth-order valence-corrected chi connectivity index (χ4v) is 3.41. The first-order chi connectivity index (χ1) is 13.1. The van der Waals surface area contributed by atoms with Crippen molar-refractivity contribution in [2.75, 3.05) is 29.9 Å². The minimum Gasteiger partial charge on any atom is -0.353 e. The minimum absolute atomic E-state index is 0.255. The molecule has 4 heterocycles. The zero-order chi connectivity index (χ0) is 18.5. The molecule has 0 atom stereocenters. The number of aromatic nitrogens is 6. The van der Waals surface area contributed by atoms with Gasteiger partial charge in [-0.2, -0.15) is 4.52 Å². The van der Waals surface area contributed by atoms with E-state index in [1.165, 1.54) is 18.5 Å². The maximum atomic E-state index is 13.7. The van der Waals surface area contributed by atoms with Gasteiger partial charge in [0.25, 0.3) is 0 Å². The normalized spacial score (nSPS) is 14.7. The molecule has 0 radical (unpaired) electrons. The predicted octanol–water partition coefficient (Wildman–Crippen LogP) is 1.84. The van der Waals surface area contributed by atoms with Crippen LogP contribution < -0.4 is 9.80 Å². The second-order valence-electron chi connectivity index (χ2n) is 6.74. The van der Waals surface area contributed by atoms with Gasteiger partial charge in [0.05, 0.1) is 11.6 Å². The lowest BCUT2D eigenvalue weighted by molar-refractivity contribution is 0.487. The van der Waals surface area contributed by atoms with E-state index in [0.29, 0.717) is 0 Å². The standard InChI is InChI=1S/C18H17FN8/c1-11-22-23-16-5-6-17(24-27(11)16)26-8-13(9-26)25(2)18-14-7-12(19)3-4-15(14)20-10-21-18/h3-7,10,13H,8-9H2,1-2H3. The van der Waals surface area contributed by atoms with E-state index in [0.717, 1.165) is 47.1 Å². The highest BCUT2D eigenvalue weighted by atomic mass is 19.1. The number of benzene rings is 1. The molecule has 1 aromatic carbocycles. The third-order valence-electron chi connectivity index (χ3n) is 5.05. The van der Waals surface area contributed by atoms with Crippen LogP contribution in [0.4, 0.5) is 16.0 Å². The molecule has 0 saturated carbocycles. The molecule has 1 aliphatic rings. The fraction of sp³-hybridized carbons (Fsp3) is 0.278. The molecule has 1 aliphatic heterocycles. The molecule has 27 heavy (non-hydrogen) atoms. The summed E-state index contributed by atoms with van der Waals surface area (Å²) in [5, 5.41) is 13.4. The number of hydrogen-bond acceptors (Lipinski definition) is 7. The molecule has 9 heteroatoms. The maximum Gasteiger partial charge on any atom is 0.178 e. The number of aryl methyl sites for hydroxylation is 1. The van der Waals surface area contributed by atoms with Gasteiger partial charge in [-0.15, -0.1) is 15.3 Å². The quantitative estimate of drug-likeness (QED) is 0.549. The largest absolute Gasteiger partial charge is 0.353 e. The summed E-state index contributed by atoms with van der Waals surface area (Å²) < 4.78 is 15.4. The van der Waals surface area contributed by atoms with Gasteiger partial charge >= 0.3 is 0 Å². The molecule has 0 unspecified atom stereocenters. The van der Waals surface area contributed by atoms with E-state index in [9.17, 15) is 4.39 Å². The SMILES string of the molecule is Cc1nnc2ccc(N3CC(N(C)c4ncnc5ccc(F)cc45)C3)nn12. The third kappa shape index (κ3) is 2.54. The Morgan fingerprint density at radius 2 is 1.96 bits per heavy atom. The molecule has 0 aliphatic carbocycles. The molecule has 4 aromatic rings. The second kappa shape index (κ2) is 5.83. The van der Waals surface area contributed by atoms with Crippen molar-refractivity contribution in [3.8, 4) is 0 Å². The Balaban J connectivity index is 1.38. The molecule has 0 spiro atoms. The smallest absolute Gasteiger partial charge is 0.178 e. The van der Waals surface area contributed by atoms with Gasteiger partial charge < -0.3 is 9.80 Å². The summed E-state index contributed by atoms with van der Waals surface area (Å²) in [5.74, 6) is 2.09. The number of fused-ring (bicyclic) bond motifs is 2. The van der Waals surface area contributed by atoms with Crippen molar-refractivity contribution in [2.45, 2.75) is 13.0 Å².